The Balaban J connectivity index is 1.73. The molecule has 5 nitrogen and oxygen atoms in total. The summed E-state index contributed by atoms with van der Waals surface area (Å²) >= 11 is 0. The molecule has 1 N–H and O–H groups in total. The van der Waals surface area contributed by atoms with Crippen LogP contribution in [0.5, 0.6) is 0 Å². The fraction of sp³-hybridized carbons (Fsp3) is 0.273. The van der Waals surface area contributed by atoms with Gasteiger partial charge in [-0.05, 0) is 18.1 Å². The highest BCUT2D eigenvalue weighted by molar-refractivity contribution is 5.67. The second-order valence-corrected chi connectivity index (χ2v) is 6.54. The van der Waals surface area contributed by atoms with Gasteiger partial charge in [0, 0.05) is 30.4 Å². The molecule has 0 aliphatic carbocycles. The first-order chi connectivity index (χ1) is 13.3. The molecule has 0 radical (unpaired) electrons. The predicted octanol–water partition coefficient (Wildman–Crippen LogP) is 4.29. The van der Waals surface area contributed by atoms with Crippen molar-refractivity contribution in [3.63, 3.8) is 0 Å². The molecule has 1 saturated heterocycles. The van der Waals surface area contributed by atoms with E-state index in [0.717, 1.165) is 55.5 Å². The number of anilines is 3. The van der Waals surface area contributed by atoms with Gasteiger partial charge in [-0.3, -0.25) is 0 Å². The standard InChI is InChI=1S/C22H24N4O/c1-2-17-8-6-7-11-19(17)23-22-24-20(18-9-4-3-5-10-18)16-21(25-22)26-12-14-27-15-13-26/h3-11,16H,2,12-15H2,1H3,(H,23,24,25). The van der Waals surface area contributed by atoms with Crippen molar-refractivity contribution in [2.75, 3.05) is 36.5 Å². The van der Waals surface area contributed by atoms with Crippen molar-refractivity contribution in [3.8, 4) is 11.3 Å². The van der Waals surface area contributed by atoms with Crippen LogP contribution in [0.1, 0.15) is 12.5 Å². The maximum Gasteiger partial charge on any atom is 0.229 e. The number of morpholine rings is 1. The second-order valence-electron chi connectivity index (χ2n) is 6.54. The third kappa shape index (κ3) is 4.09. The highest BCUT2D eigenvalue weighted by Crippen LogP contribution is 2.26. The van der Waals surface area contributed by atoms with Crippen LogP contribution in [0.2, 0.25) is 0 Å². The van der Waals surface area contributed by atoms with Crippen molar-refractivity contribution >= 4 is 17.5 Å². The summed E-state index contributed by atoms with van der Waals surface area (Å²) in [6.45, 7) is 5.30. The number of benzene rings is 2. The Kier molecular flexibility index (Phi) is 5.30. The molecule has 27 heavy (non-hydrogen) atoms. The van der Waals surface area contributed by atoms with Gasteiger partial charge in [0.1, 0.15) is 5.82 Å². The van der Waals surface area contributed by atoms with Crippen LogP contribution in [-0.2, 0) is 11.2 Å². The lowest BCUT2D eigenvalue weighted by molar-refractivity contribution is 0.122. The van der Waals surface area contributed by atoms with Crippen molar-refractivity contribution in [2.24, 2.45) is 0 Å². The van der Waals surface area contributed by atoms with E-state index in [-0.39, 0.29) is 0 Å². The fourth-order valence-electron chi connectivity index (χ4n) is 3.27. The summed E-state index contributed by atoms with van der Waals surface area (Å²) in [7, 11) is 0. The molecule has 3 aromatic rings. The van der Waals surface area contributed by atoms with E-state index < -0.39 is 0 Å². The minimum Gasteiger partial charge on any atom is -0.378 e. The van der Waals surface area contributed by atoms with E-state index in [0.29, 0.717) is 5.95 Å². The summed E-state index contributed by atoms with van der Waals surface area (Å²) < 4.78 is 5.49. The Morgan fingerprint density at radius 2 is 1.70 bits per heavy atom. The number of ether oxygens (including phenoxy) is 1. The molecule has 0 amide bonds. The molecule has 2 aromatic carbocycles. The molecular weight excluding hydrogens is 336 g/mol. The zero-order valence-electron chi connectivity index (χ0n) is 15.6. The summed E-state index contributed by atoms with van der Waals surface area (Å²) in [5, 5.41) is 3.43. The molecule has 1 aliphatic rings. The van der Waals surface area contributed by atoms with Crippen LogP contribution >= 0.6 is 0 Å². The van der Waals surface area contributed by atoms with E-state index in [1.807, 2.05) is 24.3 Å². The largest absolute Gasteiger partial charge is 0.378 e. The van der Waals surface area contributed by atoms with E-state index >= 15 is 0 Å². The number of hydrogen-bond donors (Lipinski definition) is 1. The SMILES string of the molecule is CCc1ccccc1Nc1nc(-c2ccccc2)cc(N2CCOCC2)n1. The summed E-state index contributed by atoms with van der Waals surface area (Å²) in [4.78, 5) is 11.8. The van der Waals surface area contributed by atoms with Crippen LogP contribution < -0.4 is 10.2 Å². The average molecular weight is 360 g/mol. The normalized spacial score (nSPS) is 14.2. The summed E-state index contributed by atoms with van der Waals surface area (Å²) in [5.74, 6) is 1.56. The first-order valence-electron chi connectivity index (χ1n) is 9.45. The van der Waals surface area contributed by atoms with Gasteiger partial charge in [-0.25, -0.2) is 4.98 Å². The van der Waals surface area contributed by atoms with Gasteiger partial charge in [-0.1, -0.05) is 55.5 Å². The van der Waals surface area contributed by atoms with Crippen molar-refractivity contribution < 1.29 is 4.74 Å². The second kappa shape index (κ2) is 8.18. The molecule has 0 unspecified atom stereocenters. The number of rotatable bonds is 5. The van der Waals surface area contributed by atoms with Crippen molar-refractivity contribution in [1.29, 1.82) is 0 Å². The number of para-hydroxylation sites is 1. The Bertz CT molecular complexity index is 892. The molecule has 0 spiro atoms. The summed E-state index contributed by atoms with van der Waals surface area (Å²) in [6.07, 6.45) is 0.956. The lowest BCUT2D eigenvalue weighted by Gasteiger charge is -2.28. The van der Waals surface area contributed by atoms with Crippen LogP contribution in [0.25, 0.3) is 11.3 Å². The van der Waals surface area contributed by atoms with Crippen LogP contribution in [-0.4, -0.2) is 36.3 Å². The van der Waals surface area contributed by atoms with Gasteiger partial charge in [-0.2, -0.15) is 4.98 Å². The van der Waals surface area contributed by atoms with E-state index in [4.69, 9.17) is 14.7 Å². The molecule has 1 aromatic heterocycles. The number of hydrogen-bond acceptors (Lipinski definition) is 5. The molecule has 5 heteroatoms. The minimum absolute atomic E-state index is 0.624. The molecule has 1 aliphatic heterocycles. The highest BCUT2D eigenvalue weighted by atomic mass is 16.5. The smallest absolute Gasteiger partial charge is 0.229 e. The maximum absolute atomic E-state index is 5.49. The number of aromatic nitrogens is 2. The zero-order chi connectivity index (χ0) is 18.5. The average Bonchev–Trinajstić information content (AvgIpc) is 2.75. The van der Waals surface area contributed by atoms with Crippen LogP contribution in [0.4, 0.5) is 17.5 Å². The number of nitrogens with zero attached hydrogens (tertiary/aromatic N) is 3. The van der Waals surface area contributed by atoms with E-state index in [1.165, 1.54) is 5.56 Å². The van der Waals surface area contributed by atoms with Gasteiger partial charge < -0.3 is 15.0 Å². The molecule has 0 atom stereocenters. The van der Waals surface area contributed by atoms with E-state index in [9.17, 15) is 0 Å². The highest BCUT2D eigenvalue weighted by Gasteiger charge is 2.16. The van der Waals surface area contributed by atoms with Gasteiger partial charge in [0.25, 0.3) is 0 Å². The molecule has 2 heterocycles. The Morgan fingerprint density at radius 1 is 0.963 bits per heavy atom. The monoisotopic (exact) mass is 360 g/mol. The maximum atomic E-state index is 5.49. The molecular formula is C22H24N4O. The first kappa shape index (κ1) is 17.5. The van der Waals surface area contributed by atoms with Gasteiger partial charge in [-0.15, -0.1) is 0 Å². The Hall–Kier alpha value is -2.92. The van der Waals surface area contributed by atoms with Crippen molar-refractivity contribution in [1.82, 2.24) is 9.97 Å². The Morgan fingerprint density at radius 3 is 2.48 bits per heavy atom. The quantitative estimate of drug-likeness (QED) is 0.736. The van der Waals surface area contributed by atoms with E-state index in [1.54, 1.807) is 0 Å². The summed E-state index contributed by atoms with van der Waals surface area (Å²) in [5.41, 5.74) is 4.31. The lowest BCUT2D eigenvalue weighted by Crippen LogP contribution is -2.36. The van der Waals surface area contributed by atoms with Gasteiger partial charge in [0.15, 0.2) is 0 Å². The molecule has 0 saturated carbocycles. The Labute approximate surface area is 160 Å². The predicted molar refractivity (Wildman–Crippen MR) is 110 cm³/mol. The minimum atomic E-state index is 0.624. The van der Waals surface area contributed by atoms with Gasteiger partial charge in [0.2, 0.25) is 5.95 Å². The first-order valence-corrected chi connectivity index (χ1v) is 9.45. The fourth-order valence-corrected chi connectivity index (χ4v) is 3.27. The van der Waals surface area contributed by atoms with Crippen molar-refractivity contribution in [3.05, 3.63) is 66.2 Å². The lowest BCUT2D eigenvalue weighted by atomic mass is 10.1. The van der Waals surface area contributed by atoms with Gasteiger partial charge in [0.05, 0.1) is 18.9 Å². The molecule has 0 bridgehead atoms. The zero-order valence-corrected chi connectivity index (χ0v) is 15.6. The van der Waals surface area contributed by atoms with Crippen LogP contribution in [0.3, 0.4) is 0 Å². The molecule has 138 valence electrons. The van der Waals surface area contributed by atoms with E-state index in [2.05, 4.69) is 53.5 Å². The third-order valence-electron chi connectivity index (χ3n) is 4.76. The van der Waals surface area contributed by atoms with Gasteiger partial charge >= 0.3 is 0 Å². The van der Waals surface area contributed by atoms with Crippen molar-refractivity contribution in [2.45, 2.75) is 13.3 Å². The topological polar surface area (TPSA) is 50.3 Å². The van der Waals surface area contributed by atoms with Crippen LogP contribution in [0.15, 0.2) is 60.7 Å². The number of aryl methyl sites for hydroxylation is 1. The summed E-state index contributed by atoms with van der Waals surface area (Å²) in [6, 6.07) is 20.6. The van der Waals surface area contributed by atoms with Crippen LogP contribution in [0, 0.1) is 0 Å². The molecule has 1 fully saturated rings. The number of nitrogens with one attached hydrogen (secondary N) is 1. The molecule has 4 rings (SSSR count). The third-order valence-corrected chi connectivity index (χ3v) is 4.76.